The summed E-state index contributed by atoms with van der Waals surface area (Å²) < 4.78 is 20.6. The number of hydrogen-bond acceptors (Lipinski definition) is 7. The average Bonchev–Trinajstić information content (AvgIpc) is 3.67. The van der Waals surface area contributed by atoms with Gasteiger partial charge in [0, 0.05) is 53.7 Å². The Labute approximate surface area is 269 Å². The second kappa shape index (κ2) is 13.3. The first-order valence-corrected chi connectivity index (χ1v) is 15.2. The zero-order chi connectivity index (χ0) is 30.7. The minimum Gasteiger partial charge on any atom is -0.484 e. The minimum atomic E-state index is -1.22. The van der Waals surface area contributed by atoms with Crippen LogP contribution >= 0.6 is 34.8 Å². The molecule has 0 amide bonds. The van der Waals surface area contributed by atoms with Crippen molar-refractivity contribution in [2.45, 2.75) is 31.4 Å². The van der Waals surface area contributed by atoms with E-state index in [4.69, 9.17) is 49.0 Å². The Morgan fingerprint density at radius 1 is 1.09 bits per heavy atom. The van der Waals surface area contributed by atoms with Crippen LogP contribution in [0, 0.1) is 10.1 Å². The van der Waals surface area contributed by atoms with E-state index in [0.717, 1.165) is 36.2 Å². The van der Waals surface area contributed by atoms with Crippen molar-refractivity contribution in [3.8, 4) is 5.75 Å². The van der Waals surface area contributed by atoms with Gasteiger partial charge < -0.3 is 18.8 Å². The lowest BCUT2D eigenvalue weighted by atomic mass is 9.98. The number of imidazole rings is 1. The monoisotopic (exact) mass is 654 g/mol. The van der Waals surface area contributed by atoms with Crippen LogP contribution in [-0.2, 0) is 34.8 Å². The number of nitro benzene ring substituents is 1. The molecule has 0 radical (unpaired) electrons. The number of nitro groups is 1. The molecule has 3 aromatic carbocycles. The van der Waals surface area contributed by atoms with E-state index in [2.05, 4.69) is 16.0 Å². The number of fused-ring (bicyclic) bond motifs is 1. The summed E-state index contributed by atoms with van der Waals surface area (Å²) in [5.41, 5.74) is 3.57. The molecule has 44 heavy (non-hydrogen) atoms. The van der Waals surface area contributed by atoms with Crippen molar-refractivity contribution in [1.82, 2.24) is 14.5 Å². The number of nitrogens with zero attached hydrogens (tertiary/aromatic N) is 4. The molecule has 12 heteroatoms. The van der Waals surface area contributed by atoms with Crippen LogP contribution in [0.3, 0.4) is 0 Å². The van der Waals surface area contributed by atoms with Crippen LogP contribution in [0.1, 0.15) is 22.3 Å². The fraction of sp³-hybridized carbons (Fsp3) is 0.281. The Balaban J connectivity index is 1.14. The van der Waals surface area contributed by atoms with E-state index in [-0.39, 0.29) is 31.2 Å². The van der Waals surface area contributed by atoms with E-state index in [0.29, 0.717) is 27.2 Å². The number of benzene rings is 3. The summed E-state index contributed by atoms with van der Waals surface area (Å²) in [4.78, 5) is 18.0. The number of aromatic nitrogens is 2. The summed E-state index contributed by atoms with van der Waals surface area (Å²) >= 11 is 18.7. The van der Waals surface area contributed by atoms with Crippen molar-refractivity contribution in [3.63, 3.8) is 0 Å². The van der Waals surface area contributed by atoms with Gasteiger partial charge in [-0.05, 0) is 53.4 Å². The van der Waals surface area contributed by atoms with E-state index in [1.54, 1.807) is 49.1 Å². The van der Waals surface area contributed by atoms with Crippen LogP contribution in [0.5, 0.6) is 5.75 Å². The van der Waals surface area contributed by atoms with Crippen molar-refractivity contribution < 1.29 is 19.1 Å². The van der Waals surface area contributed by atoms with Crippen molar-refractivity contribution in [2.24, 2.45) is 0 Å². The molecule has 0 aliphatic carbocycles. The molecule has 2 atom stereocenters. The molecule has 0 N–H and O–H groups in total. The molecule has 2 aliphatic rings. The summed E-state index contributed by atoms with van der Waals surface area (Å²) in [6.45, 7) is 2.71. The van der Waals surface area contributed by atoms with Gasteiger partial charge in [-0.1, -0.05) is 65.2 Å². The first-order valence-electron chi connectivity index (χ1n) is 14.1. The van der Waals surface area contributed by atoms with Gasteiger partial charge in [0.25, 0.3) is 0 Å². The number of ether oxygens (including phenoxy) is 3. The quantitative estimate of drug-likeness (QED) is 0.132. The van der Waals surface area contributed by atoms with Crippen molar-refractivity contribution in [2.75, 3.05) is 26.3 Å². The molecule has 3 heterocycles. The van der Waals surface area contributed by atoms with Crippen LogP contribution in [0.25, 0.3) is 6.08 Å². The van der Waals surface area contributed by atoms with Gasteiger partial charge in [0.05, 0.1) is 29.4 Å². The Kier molecular flexibility index (Phi) is 9.23. The van der Waals surface area contributed by atoms with Crippen LogP contribution < -0.4 is 4.74 Å². The fourth-order valence-corrected chi connectivity index (χ4v) is 6.19. The van der Waals surface area contributed by atoms with Crippen LogP contribution in [-0.4, -0.2) is 51.8 Å². The lowest BCUT2D eigenvalue weighted by Gasteiger charge is -2.30. The Bertz CT molecular complexity index is 1670. The molecule has 2 aliphatic heterocycles. The molecule has 0 saturated carbocycles. The minimum absolute atomic E-state index is 0.0537. The largest absolute Gasteiger partial charge is 0.484 e. The zero-order valence-corrected chi connectivity index (χ0v) is 25.8. The average molecular weight is 656 g/mol. The van der Waals surface area contributed by atoms with Gasteiger partial charge in [0.15, 0.2) is 5.75 Å². The van der Waals surface area contributed by atoms with Gasteiger partial charge >= 0.3 is 5.69 Å². The second-order valence-electron chi connectivity index (χ2n) is 10.8. The molecular weight excluding hydrogens is 627 g/mol. The molecule has 9 nitrogen and oxygen atoms in total. The Morgan fingerprint density at radius 2 is 1.91 bits per heavy atom. The second-order valence-corrected chi connectivity index (χ2v) is 12.0. The van der Waals surface area contributed by atoms with Gasteiger partial charge in [0.1, 0.15) is 12.7 Å². The fourth-order valence-electron chi connectivity index (χ4n) is 5.52. The summed E-state index contributed by atoms with van der Waals surface area (Å²) in [6, 6.07) is 16.2. The van der Waals surface area contributed by atoms with E-state index in [1.165, 1.54) is 0 Å². The maximum atomic E-state index is 12.1. The molecule has 0 bridgehead atoms. The molecule has 0 unspecified atom stereocenters. The summed E-state index contributed by atoms with van der Waals surface area (Å²) in [5, 5.41) is 13.7. The number of halogens is 3. The van der Waals surface area contributed by atoms with Crippen LogP contribution in [0.2, 0.25) is 15.1 Å². The number of rotatable bonds is 10. The third kappa shape index (κ3) is 6.94. The van der Waals surface area contributed by atoms with Gasteiger partial charge in [-0.3, -0.25) is 15.0 Å². The number of hydrogen-bond donors (Lipinski definition) is 0. The standard InChI is InChI=1S/C32H29Cl3N4O5/c33-25-5-3-22(4-6-25)2-1-11-37-12-9-23-15-31(30(39(40)41)14-24(23)17-37)42-18-27-19-43-32(44-27,20-38-13-10-36-21-38)28-8-7-26(34)16-29(28)35/h1-8,10,13-16,21,27H,9,11-12,17-20H2/t27-,32-/m1/s1. The molecule has 228 valence electrons. The van der Waals surface area contributed by atoms with E-state index >= 15 is 0 Å². The van der Waals surface area contributed by atoms with E-state index < -0.39 is 16.8 Å². The van der Waals surface area contributed by atoms with Gasteiger partial charge in [-0.2, -0.15) is 0 Å². The topological polar surface area (TPSA) is 91.9 Å². The molecule has 0 spiro atoms. The molecule has 4 aromatic rings. The summed E-state index contributed by atoms with van der Waals surface area (Å²) in [6.07, 6.45) is 9.51. The van der Waals surface area contributed by atoms with Crippen molar-refractivity contribution in [1.29, 1.82) is 0 Å². The molecule has 1 aromatic heterocycles. The summed E-state index contributed by atoms with van der Waals surface area (Å²) in [7, 11) is 0. The maximum absolute atomic E-state index is 12.1. The van der Waals surface area contributed by atoms with Crippen molar-refractivity contribution in [3.05, 3.63) is 127 Å². The van der Waals surface area contributed by atoms with Crippen LogP contribution in [0.4, 0.5) is 5.69 Å². The van der Waals surface area contributed by atoms with E-state index in [9.17, 15) is 10.1 Å². The Hall–Kier alpha value is -3.44. The summed E-state index contributed by atoms with van der Waals surface area (Å²) in [5.74, 6) is -1.01. The highest BCUT2D eigenvalue weighted by atomic mass is 35.5. The smallest absolute Gasteiger partial charge is 0.311 e. The molecular formula is C32H29Cl3N4O5. The van der Waals surface area contributed by atoms with Gasteiger partial charge in [0.2, 0.25) is 5.79 Å². The van der Waals surface area contributed by atoms with Crippen molar-refractivity contribution >= 4 is 46.6 Å². The Morgan fingerprint density at radius 3 is 2.66 bits per heavy atom. The van der Waals surface area contributed by atoms with Gasteiger partial charge in [-0.25, -0.2) is 4.98 Å². The third-order valence-electron chi connectivity index (χ3n) is 7.69. The lowest BCUT2D eigenvalue weighted by molar-refractivity contribution is -0.386. The highest BCUT2D eigenvalue weighted by Gasteiger charge is 2.45. The highest BCUT2D eigenvalue weighted by Crippen LogP contribution is 2.41. The molecule has 1 saturated heterocycles. The maximum Gasteiger partial charge on any atom is 0.311 e. The van der Waals surface area contributed by atoms with Crippen LogP contribution in [0.15, 0.2) is 79.4 Å². The van der Waals surface area contributed by atoms with Gasteiger partial charge in [-0.15, -0.1) is 0 Å². The predicted molar refractivity (Wildman–Crippen MR) is 169 cm³/mol. The SMILES string of the molecule is O=[N+]([O-])c1cc2c(cc1OC[C@@H]1CO[C@@](Cn3ccnc3)(c3ccc(Cl)cc3Cl)O1)CCN(CC=Cc1ccc(Cl)cc1)C2. The highest BCUT2D eigenvalue weighted by molar-refractivity contribution is 6.35. The first kappa shape index (κ1) is 30.6. The zero-order valence-electron chi connectivity index (χ0n) is 23.6. The third-order valence-corrected chi connectivity index (χ3v) is 8.49. The molecule has 1 fully saturated rings. The first-order chi connectivity index (χ1) is 21.3. The molecule has 6 rings (SSSR count). The normalized spacial score (nSPS) is 20.2. The predicted octanol–water partition coefficient (Wildman–Crippen LogP) is 7.17. The van der Waals surface area contributed by atoms with E-state index in [1.807, 2.05) is 34.9 Å². The lowest BCUT2D eigenvalue weighted by Crippen LogP contribution is -2.34.